The lowest BCUT2D eigenvalue weighted by molar-refractivity contribution is -0.137. The molecule has 114 valence electrons. The first kappa shape index (κ1) is 15.9. The molecule has 0 radical (unpaired) electrons. The molecule has 5 nitrogen and oxygen atoms in total. The average molecular weight is 331 g/mol. The number of rotatable bonds is 4. The van der Waals surface area contributed by atoms with E-state index in [1.807, 2.05) is 0 Å². The number of hydrogen-bond donors (Lipinski definition) is 2. The standard InChI is InChI=1S/C14H16Cl2N2O3/c15-10-2-1-3-11(13(10)16)17-14(21)18-7-6-9(8-18)4-5-12(19)20/h1-3,9H,4-8H2,(H,17,21)(H,19,20). The lowest BCUT2D eigenvalue weighted by atomic mass is 10.0. The third kappa shape index (κ3) is 4.25. The van der Waals surface area contributed by atoms with Crippen LogP contribution in [0.25, 0.3) is 0 Å². The second-order valence-corrected chi connectivity index (χ2v) is 5.85. The van der Waals surface area contributed by atoms with Crippen molar-refractivity contribution in [2.75, 3.05) is 18.4 Å². The van der Waals surface area contributed by atoms with Crippen LogP contribution in [0, 0.1) is 5.92 Å². The molecular weight excluding hydrogens is 315 g/mol. The zero-order valence-corrected chi connectivity index (χ0v) is 12.8. The Morgan fingerprint density at radius 3 is 2.86 bits per heavy atom. The first-order valence-corrected chi connectivity index (χ1v) is 7.44. The van der Waals surface area contributed by atoms with Gasteiger partial charge in [0.2, 0.25) is 0 Å². The summed E-state index contributed by atoms with van der Waals surface area (Å²) in [5.74, 6) is -0.565. The summed E-state index contributed by atoms with van der Waals surface area (Å²) in [6.07, 6.45) is 1.56. The van der Waals surface area contributed by atoms with Crippen molar-refractivity contribution in [3.63, 3.8) is 0 Å². The lowest BCUT2D eigenvalue weighted by Gasteiger charge is -2.18. The van der Waals surface area contributed by atoms with Gasteiger partial charge in [-0.1, -0.05) is 29.3 Å². The molecule has 1 aliphatic rings. The first-order chi connectivity index (χ1) is 9.97. The topological polar surface area (TPSA) is 69.6 Å². The number of aliphatic carboxylic acids is 1. The Labute approximate surface area is 132 Å². The van der Waals surface area contributed by atoms with E-state index in [4.69, 9.17) is 28.3 Å². The van der Waals surface area contributed by atoms with Crippen molar-refractivity contribution >= 4 is 40.9 Å². The largest absolute Gasteiger partial charge is 0.481 e. The van der Waals surface area contributed by atoms with Gasteiger partial charge in [-0.05, 0) is 30.9 Å². The molecule has 0 aromatic heterocycles. The van der Waals surface area contributed by atoms with Gasteiger partial charge in [-0.25, -0.2) is 4.79 Å². The minimum absolute atomic E-state index is 0.139. The van der Waals surface area contributed by atoms with Crippen LogP contribution >= 0.6 is 23.2 Å². The van der Waals surface area contributed by atoms with E-state index in [1.165, 1.54) is 0 Å². The predicted molar refractivity (Wildman–Crippen MR) is 82.0 cm³/mol. The molecule has 2 amide bonds. The maximum Gasteiger partial charge on any atom is 0.321 e. The van der Waals surface area contributed by atoms with E-state index in [9.17, 15) is 9.59 Å². The molecule has 2 rings (SSSR count). The second-order valence-electron chi connectivity index (χ2n) is 5.06. The third-order valence-electron chi connectivity index (χ3n) is 3.53. The van der Waals surface area contributed by atoms with E-state index < -0.39 is 5.97 Å². The van der Waals surface area contributed by atoms with E-state index in [2.05, 4.69) is 5.32 Å². The molecule has 0 bridgehead atoms. The Morgan fingerprint density at radius 2 is 2.14 bits per heavy atom. The van der Waals surface area contributed by atoms with Gasteiger partial charge in [-0.3, -0.25) is 4.79 Å². The lowest BCUT2D eigenvalue weighted by Crippen LogP contribution is -2.33. The highest BCUT2D eigenvalue weighted by atomic mass is 35.5. The number of likely N-dealkylation sites (tertiary alicyclic amines) is 1. The average Bonchev–Trinajstić information content (AvgIpc) is 2.90. The van der Waals surface area contributed by atoms with Gasteiger partial charge in [0.05, 0.1) is 15.7 Å². The molecule has 1 saturated heterocycles. The Kier molecular flexibility index (Phi) is 5.31. The van der Waals surface area contributed by atoms with Gasteiger partial charge in [0.15, 0.2) is 0 Å². The van der Waals surface area contributed by atoms with Crippen LogP contribution < -0.4 is 5.32 Å². The van der Waals surface area contributed by atoms with Crippen molar-refractivity contribution in [2.45, 2.75) is 19.3 Å². The molecule has 0 spiro atoms. The summed E-state index contributed by atoms with van der Waals surface area (Å²) in [4.78, 5) is 24.4. The fourth-order valence-electron chi connectivity index (χ4n) is 2.37. The first-order valence-electron chi connectivity index (χ1n) is 6.69. The van der Waals surface area contributed by atoms with Crippen LogP contribution in [-0.4, -0.2) is 35.1 Å². The Hall–Kier alpha value is -1.46. The summed E-state index contributed by atoms with van der Waals surface area (Å²) >= 11 is 11.9. The molecule has 0 aliphatic carbocycles. The number of nitrogens with one attached hydrogen (secondary N) is 1. The highest BCUT2D eigenvalue weighted by molar-refractivity contribution is 6.43. The van der Waals surface area contributed by atoms with E-state index >= 15 is 0 Å². The van der Waals surface area contributed by atoms with E-state index in [1.54, 1.807) is 23.1 Å². The van der Waals surface area contributed by atoms with Crippen LogP contribution in [0.4, 0.5) is 10.5 Å². The zero-order valence-electron chi connectivity index (χ0n) is 11.3. The zero-order chi connectivity index (χ0) is 15.4. The van der Waals surface area contributed by atoms with Crippen molar-refractivity contribution in [3.8, 4) is 0 Å². The van der Waals surface area contributed by atoms with Gasteiger partial charge in [-0.15, -0.1) is 0 Å². The molecule has 1 aromatic rings. The number of carboxylic acid groups (broad SMARTS) is 1. The van der Waals surface area contributed by atoms with Gasteiger partial charge < -0.3 is 15.3 Å². The minimum Gasteiger partial charge on any atom is -0.481 e. The number of halogens is 2. The fourth-order valence-corrected chi connectivity index (χ4v) is 2.72. The number of benzene rings is 1. The Bertz CT molecular complexity index is 551. The maximum atomic E-state index is 12.2. The van der Waals surface area contributed by atoms with E-state index in [0.29, 0.717) is 35.2 Å². The number of amides is 2. The Balaban J connectivity index is 1.90. The summed E-state index contributed by atoms with van der Waals surface area (Å²) in [6, 6.07) is 4.81. The highest BCUT2D eigenvalue weighted by Crippen LogP contribution is 2.30. The third-order valence-corrected chi connectivity index (χ3v) is 4.35. The number of hydrogen-bond acceptors (Lipinski definition) is 2. The van der Waals surface area contributed by atoms with Crippen molar-refractivity contribution in [2.24, 2.45) is 5.92 Å². The molecule has 1 atom stereocenters. The number of nitrogens with zero attached hydrogens (tertiary/aromatic N) is 1. The minimum atomic E-state index is -0.802. The smallest absolute Gasteiger partial charge is 0.321 e. The summed E-state index contributed by atoms with van der Waals surface area (Å²) < 4.78 is 0. The van der Waals surface area contributed by atoms with Crippen molar-refractivity contribution in [1.82, 2.24) is 4.90 Å². The van der Waals surface area contributed by atoms with Crippen LogP contribution in [0.1, 0.15) is 19.3 Å². The molecule has 0 saturated carbocycles. The number of carbonyl (C=O) groups excluding carboxylic acids is 1. The van der Waals surface area contributed by atoms with Gasteiger partial charge in [0.25, 0.3) is 0 Å². The molecule has 2 N–H and O–H groups in total. The molecule has 1 aliphatic heterocycles. The van der Waals surface area contributed by atoms with Gasteiger partial charge in [-0.2, -0.15) is 0 Å². The summed E-state index contributed by atoms with van der Waals surface area (Å²) in [5, 5.41) is 12.1. The van der Waals surface area contributed by atoms with Crippen LogP contribution in [0.2, 0.25) is 10.0 Å². The molecule has 1 heterocycles. The summed E-state index contributed by atoms with van der Waals surface area (Å²) in [5.41, 5.74) is 0.475. The van der Waals surface area contributed by atoms with Crippen LogP contribution in [-0.2, 0) is 4.79 Å². The van der Waals surface area contributed by atoms with Gasteiger partial charge in [0.1, 0.15) is 0 Å². The number of urea groups is 1. The summed E-state index contributed by atoms with van der Waals surface area (Å²) in [7, 11) is 0. The van der Waals surface area contributed by atoms with Crippen LogP contribution in [0.5, 0.6) is 0 Å². The number of carbonyl (C=O) groups is 2. The molecule has 21 heavy (non-hydrogen) atoms. The van der Waals surface area contributed by atoms with Crippen LogP contribution in [0.3, 0.4) is 0 Å². The van der Waals surface area contributed by atoms with Crippen LogP contribution in [0.15, 0.2) is 18.2 Å². The monoisotopic (exact) mass is 330 g/mol. The SMILES string of the molecule is O=C(O)CCC1CCN(C(=O)Nc2cccc(Cl)c2Cl)C1. The van der Waals surface area contributed by atoms with Crippen molar-refractivity contribution < 1.29 is 14.7 Å². The van der Waals surface area contributed by atoms with Gasteiger partial charge >= 0.3 is 12.0 Å². The number of anilines is 1. The molecule has 7 heteroatoms. The Morgan fingerprint density at radius 1 is 1.38 bits per heavy atom. The van der Waals surface area contributed by atoms with Crippen molar-refractivity contribution in [3.05, 3.63) is 28.2 Å². The number of carboxylic acids is 1. The highest BCUT2D eigenvalue weighted by Gasteiger charge is 2.26. The quantitative estimate of drug-likeness (QED) is 0.883. The maximum absolute atomic E-state index is 12.2. The molecular formula is C14H16Cl2N2O3. The summed E-state index contributed by atoms with van der Waals surface area (Å²) in [6.45, 7) is 1.19. The second kappa shape index (κ2) is 7.00. The van der Waals surface area contributed by atoms with E-state index in [-0.39, 0.29) is 18.4 Å². The van der Waals surface area contributed by atoms with Gasteiger partial charge in [0, 0.05) is 19.5 Å². The van der Waals surface area contributed by atoms with E-state index in [0.717, 1.165) is 6.42 Å². The van der Waals surface area contributed by atoms with Crippen molar-refractivity contribution in [1.29, 1.82) is 0 Å². The molecule has 1 aromatic carbocycles. The fraction of sp³-hybridized carbons (Fsp3) is 0.429. The normalized spacial score (nSPS) is 17.8. The predicted octanol–water partition coefficient (Wildman–Crippen LogP) is 3.71. The molecule has 1 unspecified atom stereocenters. The molecule has 1 fully saturated rings.